The van der Waals surface area contributed by atoms with Gasteiger partial charge in [-0.15, -0.1) is 11.6 Å². The van der Waals surface area contributed by atoms with Gasteiger partial charge in [-0.1, -0.05) is 0 Å². The number of aromatic nitrogens is 2. The molecule has 19 heavy (non-hydrogen) atoms. The van der Waals surface area contributed by atoms with Gasteiger partial charge in [-0.3, -0.25) is 4.79 Å². The van der Waals surface area contributed by atoms with Crippen molar-refractivity contribution in [1.29, 1.82) is 0 Å². The van der Waals surface area contributed by atoms with Crippen LogP contribution in [0.5, 0.6) is 0 Å². The third kappa shape index (κ3) is 2.58. The van der Waals surface area contributed by atoms with Crippen LogP contribution in [-0.4, -0.2) is 27.0 Å². The molecule has 0 bridgehead atoms. The predicted octanol–water partition coefficient (Wildman–Crippen LogP) is 2.48. The van der Waals surface area contributed by atoms with Crippen LogP contribution in [0.2, 0.25) is 0 Å². The molecular formula is C14H13ClN2O2. The Morgan fingerprint density at radius 2 is 1.89 bits per heavy atom. The summed E-state index contributed by atoms with van der Waals surface area (Å²) >= 11 is 5.59. The van der Waals surface area contributed by atoms with Crippen molar-refractivity contribution in [2.45, 2.75) is 19.2 Å². The Morgan fingerprint density at radius 1 is 1.26 bits per heavy atom. The maximum absolute atomic E-state index is 11.7. The standard InChI is InChI=1S/C14H13ClN2O2/c1-9-3-4-10(2)17(9)13-6-5-11(7-16-13)14(19)12(15)8-18/h3-8,12H,1-2H3. The number of nitrogens with zero attached hydrogens (tertiary/aromatic N) is 2. The first-order valence-electron chi connectivity index (χ1n) is 5.79. The van der Waals surface area contributed by atoms with E-state index in [0.717, 1.165) is 17.2 Å². The monoisotopic (exact) mass is 276 g/mol. The van der Waals surface area contributed by atoms with Crippen molar-refractivity contribution in [3.05, 3.63) is 47.4 Å². The first kappa shape index (κ1) is 13.5. The summed E-state index contributed by atoms with van der Waals surface area (Å²) < 4.78 is 1.98. The topological polar surface area (TPSA) is 52.0 Å². The first-order chi connectivity index (χ1) is 9.04. The number of hydrogen-bond donors (Lipinski definition) is 0. The fraction of sp³-hybridized carbons (Fsp3) is 0.214. The summed E-state index contributed by atoms with van der Waals surface area (Å²) in [7, 11) is 0. The Morgan fingerprint density at radius 3 is 2.37 bits per heavy atom. The number of pyridine rings is 1. The van der Waals surface area contributed by atoms with Crippen LogP contribution in [0.4, 0.5) is 0 Å². The molecule has 1 unspecified atom stereocenters. The van der Waals surface area contributed by atoms with E-state index in [1.807, 2.05) is 30.5 Å². The van der Waals surface area contributed by atoms with Crippen LogP contribution in [0.3, 0.4) is 0 Å². The summed E-state index contributed by atoms with van der Waals surface area (Å²) in [5.74, 6) is 0.297. The summed E-state index contributed by atoms with van der Waals surface area (Å²) in [6, 6.07) is 7.36. The minimum absolute atomic E-state index is 0.332. The van der Waals surface area contributed by atoms with Gasteiger partial charge >= 0.3 is 0 Å². The van der Waals surface area contributed by atoms with Crippen molar-refractivity contribution >= 4 is 23.7 Å². The second-order valence-corrected chi connectivity index (χ2v) is 4.73. The van der Waals surface area contributed by atoms with Gasteiger partial charge in [0.1, 0.15) is 12.1 Å². The molecule has 5 heteroatoms. The molecule has 0 N–H and O–H groups in total. The van der Waals surface area contributed by atoms with Gasteiger partial charge in [-0.25, -0.2) is 4.98 Å². The van der Waals surface area contributed by atoms with Crippen LogP contribution in [-0.2, 0) is 4.79 Å². The second-order valence-electron chi connectivity index (χ2n) is 4.26. The summed E-state index contributed by atoms with van der Waals surface area (Å²) in [4.78, 5) is 26.4. The number of carbonyl (C=O) groups excluding carboxylic acids is 2. The zero-order chi connectivity index (χ0) is 14.0. The molecule has 0 amide bonds. The third-order valence-corrected chi connectivity index (χ3v) is 3.20. The molecule has 0 radical (unpaired) electrons. The zero-order valence-corrected chi connectivity index (χ0v) is 11.4. The second kappa shape index (κ2) is 5.36. The number of carbonyl (C=O) groups is 2. The molecule has 0 aliphatic carbocycles. The van der Waals surface area contributed by atoms with Crippen molar-refractivity contribution in [1.82, 2.24) is 9.55 Å². The normalized spacial score (nSPS) is 12.2. The molecule has 2 heterocycles. The molecule has 0 aromatic carbocycles. The van der Waals surface area contributed by atoms with Gasteiger partial charge < -0.3 is 9.36 Å². The van der Waals surface area contributed by atoms with Gasteiger partial charge in [-0.05, 0) is 38.1 Å². The predicted molar refractivity (Wildman–Crippen MR) is 73.1 cm³/mol. The lowest BCUT2D eigenvalue weighted by Gasteiger charge is -2.09. The molecule has 0 saturated carbocycles. The molecule has 1 atom stereocenters. The Balaban J connectivity index is 2.34. The van der Waals surface area contributed by atoms with E-state index in [9.17, 15) is 9.59 Å². The number of rotatable bonds is 4. The quantitative estimate of drug-likeness (QED) is 0.373. The molecule has 0 fully saturated rings. The van der Waals surface area contributed by atoms with E-state index in [1.165, 1.54) is 6.20 Å². The van der Waals surface area contributed by atoms with Gasteiger partial charge in [0.05, 0.1) is 0 Å². The Labute approximate surface area is 116 Å². The molecule has 2 aromatic heterocycles. The average Bonchev–Trinajstić information content (AvgIpc) is 2.77. The molecule has 0 saturated heterocycles. The Bertz CT molecular complexity index is 597. The zero-order valence-electron chi connectivity index (χ0n) is 10.6. The van der Waals surface area contributed by atoms with Crippen LogP contribution < -0.4 is 0 Å². The van der Waals surface area contributed by atoms with Crippen molar-refractivity contribution in [2.75, 3.05) is 0 Å². The van der Waals surface area contributed by atoms with E-state index in [0.29, 0.717) is 11.8 Å². The van der Waals surface area contributed by atoms with Crippen molar-refractivity contribution < 1.29 is 9.59 Å². The summed E-state index contributed by atoms with van der Waals surface area (Å²) in [5.41, 5.74) is 2.46. The lowest BCUT2D eigenvalue weighted by atomic mass is 10.1. The van der Waals surface area contributed by atoms with E-state index < -0.39 is 11.2 Å². The highest BCUT2D eigenvalue weighted by atomic mass is 35.5. The summed E-state index contributed by atoms with van der Waals surface area (Å²) in [6.07, 6.45) is 1.85. The van der Waals surface area contributed by atoms with Crippen molar-refractivity contribution in [3.8, 4) is 5.82 Å². The first-order valence-corrected chi connectivity index (χ1v) is 6.23. The number of alkyl halides is 1. The molecule has 4 nitrogen and oxygen atoms in total. The van der Waals surface area contributed by atoms with Crippen molar-refractivity contribution in [3.63, 3.8) is 0 Å². The number of halogens is 1. The minimum Gasteiger partial charge on any atom is -0.303 e. The highest BCUT2D eigenvalue weighted by Crippen LogP contribution is 2.15. The molecule has 98 valence electrons. The molecular weight excluding hydrogens is 264 g/mol. The molecule has 2 rings (SSSR count). The molecule has 0 aliphatic heterocycles. The van der Waals surface area contributed by atoms with Crippen molar-refractivity contribution in [2.24, 2.45) is 0 Å². The molecule has 2 aromatic rings. The summed E-state index contributed by atoms with van der Waals surface area (Å²) in [6.45, 7) is 3.96. The minimum atomic E-state index is -1.15. The van der Waals surface area contributed by atoms with E-state index in [1.54, 1.807) is 12.1 Å². The molecule has 0 aliphatic rings. The highest BCUT2D eigenvalue weighted by molar-refractivity contribution is 6.41. The highest BCUT2D eigenvalue weighted by Gasteiger charge is 2.17. The van der Waals surface area contributed by atoms with Gasteiger partial charge in [0.15, 0.2) is 11.2 Å². The van der Waals surface area contributed by atoms with E-state index in [4.69, 9.17) is 11.6 Å². The van der Waals surface area contributed by atoms with Crippen LogP contribution in [0.1, 0.15) is 21.7 Å². The lowest BCUT2D eigenvalue weighted by molar-refractivity contribution is -0.106. The van der Waals surface area contributed by atoms with Gasteiger partial charge in [0.25, 0.3) is 0 Å². The van der Waals surface area contributed by atoms with E-state index in [-0.39, 0.29) is 0 Å². The summed E-state index contributed by atoms with van der Waals surface area (Å²) in [5, 5.41) is -1.15. The van der Waals surface area contributed by atoms with Crippen LogP contribution in [0.25, 0.3) is 5.82 Å². The number of Topliss-reactive ketones (excluding diaryl/α,β-unsaturated/α-hetero) is 1. The van der Waals surface area contributed by atoms with E-state index in [2.05, 4.69) is 4.98 Å². The fourth-order valence-electron chi connectivity index (χ4n) is 1.91. The van der Waals surface area contributed by atoms with Crippen LogP contribution >= 0.6 is 11.6 Å². The van der Waals surface area contributed by atoms with Gasteiger partial charge in [-0.2, -0.15) is 0 Å². The number of aryl methyl sites for hydroxylation is 2. The largest absolute Gasteiger partial charge is 0.303 e. The molecule has 0 spiro atoms. The lowest BCUT2D eigenvalue weighted by Crippen LogP contribution is -2.16. The van der Waals surface area contributed by atoms with Gasteiger partial charge in [0.2, 0.25) is 0 Å². The van der Waals surface area contributed by atoms with E-state index >= 15 is 0 Å². The fourth-order valence-corrected chi connectivity index (χ4v) is 2.04. The van der Waals surface area contributed by atoms with Crippen LogP contribution in [0.15, 0.2) is 30.5 Å². The SMILES string of the molecule is Cc1ccc(C)n1-c1ccc(C(=O)C(Cl)C=O)cn1. The number of aldehydes is 1. The third-order valence-electron chi connectivity index (χ3n) is 2.90. The van der Waals surface area contributed by atoms with Gasteiger partial charge in [0, 0.05) is 23.1 Å². The Hall–Kier alpha value is -1.94. The number of hydrogen-bond acceptors (Lipinski definition) is 3. The maximum Gasteiger partial charge on any atom is 0.189 e. The number of ketones is 1. The maximum atomic E-state index is 11.7. The Kier molecular flexibility index (Phi) is 3.81. The van der Waals surface area contributed by atoms with Crippen LogP contribution in [0, 0.1) is 13.8 Å². The smallest absolute Gasteiger partial charge is 0.189 e. The average molecular weight is 277 g/mol.